The SMILES string of the molecule is C[C@H](NCn1nnc2ccccc21)C(=O)NCc1ccccc1. The van der Waals surface area contributed by atoms with Gasteiger partial charge in [-0.15, -0.1) is 5.10 Å². The summed E-state index contributed by atoms with van der Waals surface area (Å²) in [6, 6.07) is 17.3. The summed E-state index contributed by atoms with van der Waals surface area (Å²) in [6.45, 7) is 2.79. The van der Waals surface area contributed by atoms with Gasteiger partial charge in [-0.1, -0.05) is 47.7 Å². The number of amides is 1. The number of carbonyl (C=O) groups is 1. The number of fused-ring (bicyclic) bond motifs is 1. The van der Waals surface area contributed by atoms with Crippen LogP contribution in [-0.4, -0.2) is 26.9 Å². The lowest BCUT2D eigenvalue weighted by molar-refractivity contribution is -0.123. The van der Waals surface area contributed by atoms with Crippen LogP contribution in [0.25, 0.3) is 11.0 Å². The Labute approximate surface area is 134 Å². The van der Waals surface area contributed by atoms with Crippen LogP contribution in [0.15, 0.2) is 54.6 Å². The van der Waals surface area contributed by atoms with E-state index in [4.69, 9.17) is 0 Å². The summed E-state index contributed by atoms with van der Waals surface area (Å²) in [5.41, 5.74) is 2.86. The van der Waals surface area contributed by atoms with E-state index in [9.17, 15) is 4.79 Å². The molecule has 0 aliphatic rings. The van der Waals surface area contributed by atoms with Crippen molar-refractivity contribution in [1.82, 2.24) is 25.6 Å². The number of hydrogen-bond donors (Lipinski definition) is 2. The van der Waals surface area contributed by atoms with Crippen molar-refractivity contribution in [2.75, 3.05) is 0 Å². The average molecular weight is 309 g/mol. The Morgan fingerprint density at radius 2 is 1.87 bits per heavy atom. The maximum Gasteiger partial charge on any atom is 0.237 e. The first-order valence-electron chi connectivity index (χ1n) is 7.57. The summed E-state index contributed by atoms with van der Waals surface area (Å²) in [4.78, 5) is 12.1. The highest BCUT2D eigenvalue weighted by Crippen LogP contribution is 2.08. The lowest BCUT2D eigenvalue weighted by atomic mass is 10.2. The zero-order valence-corrected chi connectivity index (χ0v) is 12.9. The summed E-state index contributed by atoms with van der Waals surface area (Å²) in [6.07, 6.45) is 0. The Hall–Kier alpha value is -2.73. The van der Waals surface area contributed by atoms with Gasteiger partial charge in [-0.2, -0.15) is 0 Å². The number of benzene rings is 2. The largest absolute Gasteiger partial charge is 0.351 e. The van der Waals surface area contributed by atoms with Crippen LogP contribution in [0.1, 0.15) is 12.5 Å². The molecule has 0 aliphatic heterocycles. The molecule has 6 nitrogen and oxygen atoms in total. The number of nitrogens with one attached hydrogen (secondary N) is 2. The first kappa shape index (κ1) is 15.2. The summed E-state index contributed by atoms with van der Waals surface area (Å²) in [7, 11) is 0. The van der Waals surface area contributed by atoms with Crippen molar-refractivity contribution in [3.63, 3.8) is 0 Å². The summed E-state index contributed by atoms with van der Waals surface area (Å²) < 4.78 is 1.75. The second-order valence-electron chi connectivity index (χ2n) is 5.37. The predicted octanol–water partition coefficient (Wildman–Crippen LogP) is 1.68. The van der Waals surface area contributed by atoms with Gasteiger partial charge in [0.1, 0.15) is 5.52 Å². The van der Waals surface area contributed by atoms with E-state index in [0.29, 0.717) is 13.2 Å². The maximum absolute atomic E-state index is 12.1. The lowest BCUT2D eigenvalue weighted by Crippen LogP contribution is -2.42. The van der Waals surface area contributed by atoms with E-state index in [1.807, 2.05) is 61.5 Å². The standard InChI is InChI=1S/C17H19N5O/c1-13(17(23)18-11-14-7-3-2-4-8-14)19-12-22-16-10-6-5-9-15(16)20-21-22/h2-10,13,19H,11-12H2,1H3,(H,18,23)/t13-/m0/s1. The fourth-order valence-corrected chi connectivity index (χ4v) is 2.29. The first-order valence-corrected chi connectivity index (χ1v) is 7.57. The average Bonchev–Trinajstić information content (AvgIpc) is 3.01. The molecule has 0 bridgehead atoms. The molecule has 23 heavy (non-hydrogen) atoms. The van der Waals surface area contributed by atoms with E-state index in [0.717, 1.165) is 16.6 Å². The van der Waals surface area contributed by atoms with Crippen LogP contribution >= 0.6 is 0 Å². The molecule has 118 valence electrons. The molecule has 0 unspecified atom stereocenters. The third-order valence-electron chi connectivity index (χ3n) is 3.67. The molecule has 0 spiro atoms. The van der Waals surface area contributed by atoms with Crippen LogP contribution in [0.2, 0.25) is 0 Å². The van der Waals surface area contributed by atoms with Gasteiger partial charge in [0.15, 0.2) is 0 Å². The van der Waals surface area contributed by atoms with E-state index >= 15 is 0 Å². The quantitative estimate of drug-likeness (QED) is 0.727. The second kappa shape index (κ2) is 7.02. The monoisotopic (exact) mass is 309 g/mol. The van der Waals surface area contributed by atoms with Gasteiger partial charge >= 0.3 is 0 Å². The molecular weight excluding hydrogens is 290 g/mol. The molecular formula is C17H19N5O. The molecule has 3 aromatic rings. The Bertz CT molecular complexity index is 784. The van der Waals surface area contributed by atoms with E-state index < -0.39 is 0 Å². The van der Waals surface area contributed by atoms with Crippen LogP contribution < -0.4 is 10.6 Å². The van der Waals surface area contributed by atoms with Crippen LogP contribution in [0, 0.1) is 0 Å². The smallest absolute Gasteiger partial charge is 0.237 e. The fourth-order valence-electron chi connectivity index (χ4n) is 2.29. The Morgan fingerprint density at radius 1 is 1.13 bits per heavy atom. The third-order valence-corrected chi connectivity index (χ3v) is 3.67. The number of carbonyl (C=O) groups excluding carboxylic acids is 1. The van der Waals surface area contributed by atoms with Crippen molar-refractivity contribution in [1.29, 1.82) is 0 Å². The molecule has 1 amide bonds. The zero-order chi connectivity index (χ0) is 16.1. The van der Waals surface area contributed by atoms with Gasteiger partial charge in [-0.25, -0.2) is 4.68 Å². The highest BCUT2D eigenvalue weighted by molar-refractivity contribution is 5.81. The highest BCUT2D eigenvalue weighted by atomic mass is 16.2. The molecule has 0 fully saturated rings. The Balaban J connectivity index is 1.52. The summed E-state index contributed by atoms with van der Waals surface area (Å²) >= 11 is 0. The molecule has 0 radical (unpaired) electrons. The fraction of sp³-hybridized carbons (Fsp3) is 0.235. The topological polar surface area (TPSA) is 71.8 Å². The minimum absolute atomic E-state index is 0.0433. The van der Waals surface area contributed by atoms with E-state index in [-0.39, 0.29) is 11.9 Å². The molecule has 2 aromatic carbocycles. The van der Waals surface area contributed by atoms with Gasteiger partial charge in [0.25, 0.3) is 0 Å². The van der Waals surface area contributed by atoms with Gasteiger partial charge < -0.3 is 5.32 Å². The molecule has 0 saturated heterocycles. The van der Waals surface area contributed by atoms with E-state index in [2.05, 4.69) is 20.9 Å². The maximum atomic E-state index is 12.1. The van der Waals surface area contributed by atoms with E-state index in [1.54, 1.807) is 4.68 Å². The Kier molecular flexibility index (Phi) is 4.63. The van der Waals surface area contributed by atoms with E-state index in [1.165, 1.54) is 0 Å². The van der Waals surface area contributed by atoms with Crippen LogP contribution in [-0.2, 0) is 18.0 Å². The van der Waals surface area contributed by atoms with Gasteiger partial charge in [-0.3, -0.25) is 10.1 Å². The van der Waals surface area contributed by atoms with Crippen molar-refractivity contribution in [2.24, 2.45) is 0 Å². The van der Waals surface area contributed by atoms with Crippen LogP contribution in [0.3, 0.4) is 0 Å². The highest BCUT2D eigenvalue weighted by Gasteiger charge is 2.12. The van der Waals surface area contributed by atoms with Crippen LogP contribution in [0.4, 0.5) is 0 Å². The molecule has 0 aliphatic carbocycles. The molecule has 1 atom stereocenters. The van der Waals surface area contributed by atoms with Crippen molar-refractivity contribution in [3.8, 4) is 0 Å². The number of para-hydroxylation sites is 1. The predicted molar refractivity (Wildman–Crippen MR) is 88.4 cm³/mol. The third kappa shape index (κ3) is 3.73. The number of hydrogen-bond acceptors (Lipinski definition) is 4. The normalized spacial score (nSPS) is 12.2. The summed E-state index contributed by atoms with van der Waals surface area (Å²) in [5, 5.41) is 14.3. The van der Waals surface area contributed by atoms with Crippen molar-refractivity contribution in [2.45, 2.75) is 26.2 Å². The van der Waals surface area contributed by atoms with Crippen molar-refractivity contribution in [3.05, 3.63) is 60.2 Å². The lowest BCUT2D eigenvalue weighted by Gasteiger charge is -2.14. The van der Waals surface area contributed by atoms with Gasteiger partial charge in [0.2, 0.25) is 5.91 Å². The second-order valence-corrected chi connectivity index (χ2v) is 5.37. The molecule has 0 saturated carbocycles. The molecule has 2 N–H and O–H groups in total. The Morgan fingerprint density at radius 3 is 2.70 bits per heavy atom. The van der Waals surface area contributed by atoms with Gasteiger partial charge in [-0.05, 0) is 24.6 Å². The first-order chi connectivity index (χ1) is 11.2. The summed E-state index contributed by atoms with van der Waals surface area (Å²) in [5.74, 6) is -0.0433. The molecule has 3 rings (SSSR count). The number of nitrogens with zero attached hydrogens (tertiary/aromatic N) is 3. The zero-order valence-electron chi connectivity index (χ0n) is 12.9. The van der Waals surface area contributed by atoms with Crippen molar-refractivity contribution < 1.29 is 4.79 Å². The minimum atomic E-state index is -0.318. The molecule has 1 aromatic heterocycles. The molecule has 1 heterocycles. The molecule has 6 heteroatoms. The number of aromatic nitrogens is 3. The van der Waals surface area contributed by atoms with Gasteiger partial charge in [0, 0.05) is 6.54 Å². The number of rotatable bonds is 6. The minimum Gasteiger partial charge on any atom is -0.351 e. The van der Waals surface area contributed by atoms with Gasteiger partial charge in [0.05, 0.1) is 18.2 Å². The van der Waals surface area contributed by atoms with Crippen molar-refractivity contribution >= 4 is 16.9 Å². The van der Waals surface area contributed by atoms with Crippen LogP contribution in [0.5, 0.6) is 0 Å².